The normalized spacial score (nSPS) is 21.2. The molecule has 2 aliphatic heterocycles. The summed E-state index contributed by atoms with van der Waals surface area (Å²) in [5.74, 6) is 0.333. The van der Waals surface area contributed by atoms with Gasteiger partial charge >= 0.3 is 0 Å². The second kappa shape index (κ2) is 5.81. The number of anilines is 1. The van der Waals surface area contributed by atoms with Crippen LogP contribution in [0.4, 0.5) is 5.69 Å². The molecule has 0 fully saturated rings. The molecule has 3 rings (SSSR count). The van der Waals surface area contributed by atoms with Crippen LogP contribution in [0.1, 0.15) is 11.5 Å². The maximum atomic E-state index is 3.48. The van der Waals surface area contributed by atoms with E-state index in [1.807, 2.05) is 38.1 Å². The summed E-state index contributed by atoms with van der Waals surface area (Å²) in [4.78, 5) is 6.18. The van der Waals surface area contributed by atoms with E-state index in [-0.39, 0.29) is 20.1 Å². The van der Waals surface area contributed by atoms with E-state index in [2.05, 4.69) is 52.9 Å². The van der Waals surface area contributed by atoms with Crippen LogP contribution < -0.4 is 4.90 Å². The van der Waals surface area contributed by atoms with E-state index in [0.717, 1.165) is 5.69 Å². The van der Waals surface area contributed by atoms with Crippen LogP contribution in [-0.4, -0.2) is 23.9 Å². The minimum atomic E-state index is 0. The second-order valence-electron chi connectivity index (χ2n) is 4.66. The fourth-order valence-electron chi connectivity index (χ4n) is 2.18. The summed E-state index contributed by atoms with van der Waals surface area (Å²) in [6.07, 6.45) is 8.33. The van der Waals surface area contributed by atoms with Crippen LogP contribution in [0.5, 0.6) is 0 Å². The standard InChI is InChI=1S/C15H16N3.Ir/c1-16-7-6-14(11-16)13-4-3-5-15(10-13)18-9-8-17(2)12-18;/h3-9,11-12,14H,1-2H3;/q-3;. The smallest absolute Gasteiger partial charge is 0 e. The van der Waals surface area contributed by atoms with Crippen molar-refractivity contribution in [3.05, 3.63) is 67.7 Å². The molecular formula is C15H16IrN3-3. The topological polar surface area (TPSA) is 9.72 Å². The zero-order valence-electron chi connectivity index (χ0n) is 10.9. The molecule has 1 unspecified atom stereocenters. The first kappa shape index (κ1) is 14.2. The number of hydrogen-bond acceptors (Lipinski definition) is 3. The van der Waals surface area contributed by atoms with Gasteiger partial charge in [-0.2, -0.15) is 36.5 Å². The Morgan fingerprint density at radius 1 is 1.11 bits per heavy atom. The molecule has 0 saturated heterocycles. The first-order valence-electron chi connectivity index (χ1n) is 6.03. The van der Waals surface area contributed by atoms with Crippen LogP contribution in [0, 0.1) is 19.3 Å². The molecule has 103 valence electrons. The van der Waals surface area contributed by atoms with Gasteiger partial charge in [0.05, 0.1) is 0 Å². The molecule has 1 atom stereocenters. The molecule has 1 aromatic carbocycles. The Morgan fingerprint density at radius 2 is 1.95 bits per heavy atom. The SMILES string of the molecule is CN1C=CC(c2[c-]c(N3C=CN(C)[CH-]3)ccc2)[CH-]1.[Ir]. The Balaban J connectivity index is 0.00000133. The molecule has 0 bridgehead atoms. The van der Waals surface area contributed by atoms with Gasteiger partial charge in [0, 0.05) is 20.1 Å². The largest absolute Gasteiger partial charge is 0.530 e. The summed E-state index contributed by atoms with van der Waals surface area (Å²) in [5.41, 5.74) is 2.27. The van der Waals surface area contributed by atoms with E-state index in [9.17, 15) is 0 Å². The predicted octanol–water partition coefficient (Wildman–Crippen LogP) is 2.53. The van der Waals surface area contributed by atoms with Gasteiger partial charge in [0.2, 0.25) is 0 Å². The molecule has 2 heterocycles. The molecule has 4 heteroatoms. The fourth-order valence-corrected chi connectivity index (χ4v) is 2.18. The van der Waals surface area contributed by atoms with Gasteiger partial charge in [-0.15, -0.1) is 11.6 Å². The van der Waals surface area contributed by atoms with Crippen molar-refractivity contribution in [2.75, 3.05) is 19.0 Å². The molecule has 0 amide bonds. The predicted molar refractivity (Wildman–Crippen MR) is 72.9 cm³/mol. The average molecular weight is 431 g/mol. The minimum Gasteiger partial charge on any atom is -0.530 e. The number of rotatable bonds is 2. The third-order valence-corrected chi connectivity index (χ3v) is 3.13. The molecular weight excluding hydrogens is 414 g/mol. The molecule has 19 heavy (non-hydrogen) atoms. The van der Waals surface area contributed by atoms with Gasteiger partial charge in [-0.1, -0.05) is 6.08 Å². The molecule has 0 N–H and O–H groups in total. The van der Waals surface area contributed by atoms with Crippen molar-refractivity contribution >= 4 is 5.69 Å². The Morgan fingerprint density at radius 3 is 2.58 bits per heavy atom. The number of hydrogen-bond donors (Lipinski definition) is 0. The Hall–Kier alpha value is -1.25. The maximum absolute atomic E-state index is 3.48. The van der Waals surface area contributed by atoms with E-state index < -0.39 is 0 Å². The molecule has 0 saturated carbocycles. The Kier molecular flexibility index (Phi) is 4.33. The third-order valence-electron chi connectivity index (χ3n) is 3.13. The molecule has 2 aliphatic rings. The summed E-state index contributed by atoms with van der Waals surface area (Å²) in [5, 5.41) is 0. The molecule has 1 aromatic rings. The van der Waals surface area contributed by atoms with Gasteiger partial charge in [-0.3, -0.25) is 0 Å². The van der Waals surface area contributed by atoms with Crippen molar-refractivity contribution in [1.29, 1.82) is 0 Å². The van der Waals surface area contributed by atoms with E-state index in [1.165, 1.54) is 5.56 Å². The Labute approximate surface area is 128 Å². The van der Waals surface area contributed by atoms with Crippen molar-refractivity contribution in [3.8, 4) is 0 Å². The van der Waals surface area contributed by atoms with Crippen LogP contribution in [0.25, 0.3) is 0 Å². The van der Waals surface area contributed by atoms with Crippen molar-refractivity contribution in [2.24, 2.45) is 0 Å². The zero-order valence-corrected chi connectivity index (χ0v) is 13.3. The van der Waals surface area contributed by atoms with Crippen LogP contribution in [0.15, 0.2) is 42.9 Å². The summed E-state index contributed by atoms with van der Waals surface area (Å²) in [7, 11) is 4.06. The van der Waals surface area contributed by atoms with Gasteiger partial charge in [0.15, 0.2) is 0 Å². The zero-order chi connectivity index (χ0) is 12.5. The van der Waals surface area contributed by atoms with Crippen LogP contribution in [0.2, 0.25) is 0 Å². The quantitative estimate of drug-likeness (QED) is 0.668. The molecule has 0 aromatic heterocycles. The van der Waals surface area contributed by atoms with E-state index in [4.69, 9.17) is 0 Å². The van der Waals surface area contributed by atoms with Crippen molar-refractivity contribution in [2.45, 2.75) is 5.92 Å². The second-order valence-corrected chi connectivity index (χ2v) is 4.66. The first-order chi connectivity index (χ1) is 8.72. The van der Waals surface area contributed by atoms with Gasteiger partial charge in [0.25, 0.3) is 0 Å². The number of likely N-dealkylation sites (N-methyl/N-ethyl adjacent to an activating group) is 1. The van der Waals surface area contributed by atoms with Crippen molar-refractivity contribution in [1.82, 2.24) is 9.80 Å². The summed E-state index contributed by atoms with van der Waals surface area (Å²) >= 11 is 0. The summed E-state index contributed by atoms with van der Waals surface area (Å²) < 4.78 is 0. The molecule has 1 radical (unpaired) electrons. The summed E-state index contributed by atoms with van der Waals surface area (Å²) in [6, 6.07) is 9.76. The maximum Gasteiger partial charge on any atom is 0 e. The van der Waals surface area contributed by atoms with E-state index >= 15 is 0 Å². The average Bonchev–Trinajstić information content (AvgIpc) is 2.98. The van der Waals surface area contributed by atoms with Crippen molar-refractivity contribution in [3.63, 3.8) is 0 Å². The molecule has 0 aliphatic carbocycles. The fraction of sp³-hybridized carbons (Fsp3) is 0.200. The van der Waals surface area contributed by atoms with Gasteiger partial charge in [-0.05, 0) is 32.7 Å². The molecule has 0 spiro atoms. The van der Waals surface area contributed by atoms with Crippen LogP contribution in [0.3, 0.4) is 0 Å². The monoisotopic (exact) mass is 431 g/mol. The van der Waals surface area contributed by atoms with Crippen LogP contribution in [-0.2, 0) is 20.1 Å². The van der Waals surface area contributed by atoms with Gasteiger partial charge in [0.1, 0.15) is 0 Å². The molecule has 3 nitrogen and oxygen atoms in total. The Bertz CT molecular complexity index is 457. The first-order valence-corrected chi connectivity index (χ1v) is 6.03. The third kappa shape index (κ3) is 3.02. The van der Waals surface area contributed by atoms with E-state index in [0.29, 0.717) is 5.92 Å². The summed E-state index contributed by atoms with van der Waals surface area (Å²) in [6.45, 7) is 4.22. The van der Waals surface area contributed by atoms with Gasteiger partial charge < -0.3 is 14.7 Å². The minimum absolute atomic E-state index is 0. The number of benzene rings is 1. The van der Waals surface area contributed by atoms with Crippen molar-refractivity contribution < 1.29 is 20.1 Å². The number of nitrogens with zero attached hydrogens (tertiary/aromatic N) is 3. The van der Waals surface area contributed by atoms with E-state index in [1.54, 1.807) is 0 Å². The van der Waals surface area contributed by atoms with Gasteiger partial charge in [-0.25, -0.2) is 6.54 Å². The van der Waals surface area contributed by atoms with Crippen LogP contribution >= 0.6 is 0 Å².